The fraction of sp³-hybridized carbons (Fsp3) is 0.0526. The van der Waals surface area contributed by atoms with E-state index in [1.165, 1.54) is 12.1 Å². The van der Waals surface area contributed by atoms with Crippen molar-refractivity contribution < 1.29 is 4.39 Å². The summed E-state index contributed by atoms with van der Waals surface area (Å²) in [7, 11) is 0. The highest BCUT2D eigenvalue weighted by atomic mass is 19.1. The number of para-hydroxylation sites is 1. The highest BCUT2D eigenvalue weighted by molar-refractivity contribution is 6.00. The van der Waals surface area contributed by atoms with Crippen LogP contribution in [0, 0.1) is 19.3 Å². The van der Waals surface area contributed by atoms with Crippen LogP contribution in [0.5, 0.6) is 0 Å². The maximum atomic E-state index is 13.8. The van der Waals surface area contributed by atoms with Crippen molar-refractivity contribution in [2.45, 2.75) is 6.92 Å². The zero-order valence-corrected chi connectivity index (χ0v) is 12.4. The molecular formula is C19H12FN3. The van der Waals surface area contributed by atoms with Crippen LogP contribution < -0.4 is 0 Å². The Morgan fingerprint density at radius 1 is 1.13 bits per heavy atom. The van der Waals surface area contributed by atoms with Crippen LogP contribution in [0.3, 0.4) is 0 Å². The molecule has 0 saturated heterocycles. The Morgan fingerprint density at radius 3 is 2.78 bits per heavy atom. The van der Waals surface area contributed by atoms with Gasteiger partial charge in [-0.15, -0.1) is 0 Å². The predicted molar refractivity (Wildman–Crippen MR) is 90.0 cm³/mol. The summed E-state index contributed by atoms with van der Waals surface area (Å²) in [6.45, 7) is 9.27. The molecule has 0 unspecified atom stereocenters. The maximum Gasteiger partial charge on any atom is 0.198 e. The number of nitrogens with zero attached hydrogens (tertiary/aromatic N) is 2. The van der Waals surface area contributed by atoms with Gasteiger partial charge in [-0.1, -0.05) is 18.2 Å². The second-order valence-corrected chi connectivity index (χ2v) is 5.50. The molecule has 0 spiro atoms. The third kappa shape index (κ3) is 2.06. The summed E-state index contributed by atoms with van der Waals surface area (Å²) in [4.78, 5) is 11.4. The SMILES string of the molecule is [C-]#[N+]c1cc(-c2c[nH]c3c(C)cc(F)cc23)nc2ccccc12. The molecule has 0 radical (unpaired) electrons. The number of halogens is 1. The van der Waals surface area contributed by atoms with Crippen molar-refractivity contribution in [3.63, 3.8) is 0 Å². The van der Waals surface area contributed by atoms with E-state index in [9.17, 15) is 4.39 Å². The van der Waals surface area contributed by atoms with Gasteiger partial charge in [-0.2, -0.15) is 0 Å². The number of aryl methyl sites for hydroxylation is 1. The van der Waals surface area contributed by atoms with Gasteiger partial charge >= 0.3 is 0 Å². The van der Waals surface area contributed by atoms with Gasteiger partial charge in [-0.3, -0.25) is 4.98 Å². The topological polar surface area (TPSA) is 33.0 Å². The van der Waals surface area contributed by atoms with E-state index >= 15 is 0 Å². The van der Waals surface area contributed by atoms with Crippen LogP contribution in [-0.4, -0.2) is 9.97 Å². The molecule has 0 amide bonds. The third-order valence-electron chi connectivity index (χ3n) is 4.04. The van der Waals surface area contributed by atoms with Crippen molar-refractivity contribution >= 4 is 27.5 Å². The molecule has 0 saturated carbocycles. The summed E-state index contributed by atoms with van der Waals surface area (Å²) in [5.74, 6) is -0.276. The van der Waals surface area contributed by atoms with Gasteiger partial charge in [0.1, 0.15) is 5.82 Å². The molecule has 0 aliphatic heterocycles. The standard InChI is InChI=1S/C19H12FN3/c1-11-7-12(20)8-14-15(10-22-19(11)14)18-9-17(21-2)13-5-3-4-6-16(13)23-18/h3-10,22H,1H3. The number of nitrogens with one attached hydrogen (secondary N) is 1. The Bertz CT molecular complexity index is 1100. The summed E-state index contributed by atoms with van der Waals surface area (Å²) in [6.07, 6.45) is 1.82. The van der Waals surface area contributed by atoms with Gasteiger partial charge in [0.25, 0.3) is 0 Å². The molecule has 110 valence electrons. The van der Waals surface area contributed by atoms with E-state index in [-0.39, 0.29) is 5.82 Å². The molecule has 0 aliphatic carbocycles. The van der Waals surface area contributed by atoms with Gasteiger partial charge in [-0.05, 0) is 36.8 Å². The van der Waals surface area contributed by atoms with Crippen molar-refractivity contribution in [3.8, 4) is 11.3 Å². The number of pyridine rings is 1. The largest absolute Gasteiger partial charge is 0.360 e. The lowest BCUT2D eigenvalue weighted by molar-refractivity contribution is 0.628. The number of rotatable bonds is 1. The Morgan fingerprint density at radius 2 is 1.96 bits per heavy atom. The monoisotopic (exact) mass is 301 g/mol. The molecule has 2 aromatic carbocycles. The zero-order chi connectivity index (χ0) is 16.0. The highest BCUT2D eigenvalue weighted by Crippen LogP contribution is 2.34. The minimum atomic E-state index is -0.276. The Labute approximate surface area is 132 Å². The third-order valence-corrected chi connectivity index (χ3v) is 4.04. The fourth-order valence-electron chi connectivity index (χ4n) is 2.97. The summed E-state index contributed by atoms with van der Waals surface area (Å²) < 4.78 is 13.8. The van der Waals surface area contributed by atoms with Crippen molar-refractivity contribution in [1.29, 1.82) is 0 Å². The lowest BCUT2D eigenvalue weighted by Crippen LogP contribution is -1.86. The number of aromatic nitrogens is 2. The number of hydrogen-bond acceptors (Lipinski definition) is 1. The van der Waals surface area contributed by atoms with Crippen molar-refractivity contribution in [3.05, 3.63) is 71.5 Å². The van der Waals surface area contributed by atoms with Crippen molar-refractivity contribution in [1.82, 2.24) is 9.97 Å². The van der Waals surface area contributed by atoms with Gasteiger partial charge in [-0.25, -0.2) is 9.24 Å². The van der Waals surface area contributed by atoms with Crippen LogP contribution in [0.1, 0.15) is 5.56 Å². The van der Waals surface area contributed by atoms with Crippen LogP contribution in [-0.2, 0) is 0 Å². The highest BCUT2D eigenvalue weighted by Gasteiger charge is 2.13. The molecule has 4 heteroatoms. The molecule has 0 atom stereocenters. The van der Waals surface area contributed by atoms with E-state index < -0.39 is 0 Å². The minimum Gasteiger partial charge on any atom is -0.360 e. The Kier molecular flexibility index (Phi) is 2.88. The molecule has 2 heterocycles. The number of H-pyrrole nitrogens is 1. The second kappa shape index (κ2) is 4.92. The fourth-order valence-corrected chi connectivity index (χ4v) is 2.97. The molecule has 0 fully saturated rings. The molecule has 4 aromatic rings. The molecule has 3 nitrogen and oxygen atoms in total. The van der Waals surface area contributed by atoms with Gasteiger partial charge < -0.3 is 4.98 Å². The van der Waals surface area contributed by atoms with E-state index in [4.69, 9.17) is 6.57 Å². The number of aromatic amines is 1. The van der Waals surface area contributed by atoms with E-state index in [0.29, 0.717) is 11.4 Å². The Hall–Kier alpha value is -3.19. The van der Waals surface area contributed by atoms with Crippen LogP contribution in [0.25, 0.3) is 37.9 Å². The number of benzene rings is 2. The predicted octanol–water partition coefficient (Wildman–Crippen LogP) is 5.38. The molecule has 1 N–H and O–H groups in total. The first-order chi connectivity index (χ1) is 11.2. The lowest BCUT2D eigenvalue weighted by Gasteiger charge is -2.05. The van der Waals surface area contributed by atoms with Crippen LogP contribution >= 0.6 is 0 Å². The summed E-state index contributed by atoms with van der Waals surface area (Å²) in [5.41, 5.74) is 4.52. The van der Waals surface area contributed by atoms with E-state index in [1.807, 2.05) is 37.4 Å². The molecule has 0 aliphatic rings. The Balaban J connectivity index is 2.05. The first-order valence-corrected chi connectivity index (χ1v) is 7.22. The summed E-state index contributed by atoms with van der Waals surface area (Å²) >= 11 is 0. The quantitative estimate of drug-likeness (QED) is 0.470. The average molecular weight is 301 g/mol. The first-order valence-electron chi connectivity index (χ1n) is 7.22. The van der Waals surface area contributed by atoms with Crippen LogP contribution in [0.2, 0.25) is 0 Å². The van der Waals surface area contributed by atoms with Gasteiger partial charge in [0.2, 0.25) is 0 Å². The van der Waals surface area contributed by atoms with E-state index in [2.05, 4.69) is 14.8 Å². The maximum absolute atomic E-state index is 13.8. The van der Waals surface area contributed by atoms with Crippen molar-refractivity contribution in [2.24, 2.45) is 0 Å². The molecule has 0 bridgehead atoms. The van der Waals surface area contributed by atoms with Crippen LogP contribution in [0.15, 0.2) is 48.7 Å². The van der Waals surface area contributed by atoms with Gasteiger partial charge in [0, 0.05) is 28.0 Å². The number of hydrogen-bond donors (Lipinski definition) is 1. The average Bonchev–Trinajstić information content (AvgIpc) is 2.97. The lowest BCUT2D eigenvalue weighted by atomic mass is 10.1. The molecular weight excluding hydrogens is 289 g/mol. The number of fused-ring (bicyclic) bond motifs is 2. The smallest absolute Gasteiger partial charge is 0.198 e. The normalized spacial score (nSPS) is 11.0. The molecule has 4 rings (SSSR count). The molecule has 2 aromatic heterocycles. The van der Waals surface area contributed by atoms with Crippen LogP contribution in [0.4, 0.5) is 10.1 Å². The zero-order valence-electron chi connectivity index (χ0n) is 12.4. The van der Waals surface area contributed by atoms with E-state index in [1.54, 1.807) is 6.07 Å². The second-order valence-electron chi connectivity index (χ2n) is 5.50. The minimum absolute atomic E-state index is 0.276. The summed E-state index contributed by atoms with van der Waals surface area (Å²) in [6, 6.07) is 12.3. The molecule has 23 heavy (non-hydrogen) atoms. The van der Waals surface area contributed by atoms with E-state index in [0.717, 1.165) is 32.9 Å². The first kappa shape index (κ1) is 13.5. The van der Waals surface area contributed by atoms with Gasteiger partial charge in [0.05, 0.1) is 17.8 Å². The summed E-state index contributed by atoms with van der Waals surface area (Å²) in [5, 5.41) is 1.61. The van der Waals surface area contributed by atoms with Crippen molar-refractivity contribution in [2.75, 3.05) is 0 Å². The van der Waals surface area contributed by atoms with Gasteiger partial charge in [0.15, 0.2) is 5.69 Å².